The van der Waals surface area contributed by atoms with Crippen LogP contribution in [-0.4, -0.2) is 41.5 Å². The number of aromatic nitrogens is 1. The highest BCUT2D eigenvalue weighted by molar-refractivity contribution is 5.79. The molecular formula is C20H24N4O2. The molecule has 0 aliphatic carbocycles. The highest BCUT2D eigenvalue weighted by Gasteiger charge is 2.29. The topological polar surface area (TPSA) is 74.3 Å². The van der Waals surface area contributed by atoms with E-state index in [4.69, 9.17) is 0 Å². The van der Waals surface area contributed by atoms with Crippen molar-refractivity contribution in [3.63, 3.8) is 0 Å². The summed E-state index contributed by atoms with van der Waals surface area (Å²) in [6.07, 6.45) is 4.75. The third kappa shape index (κ3) is 5.31. The van der Waals surface area contributed by atoms with Gasteiger partial charge in [-0.25, -0.2) is 4.79 Å². The van der Waals surface area contributed by atoms with Crippen molar-refractivity contribution in [3.05, 3.63) is 66.0 Å². The Morgan fingerprint density at radius 1 is 1.08 bits per heavy atom. The number of rotatable bonds is 7. The van der Waals surface area contributed by atoms with E-state index in [1.165, 1.54) is 5.56 Å². The maximum atomic E-state index is 12.2. The van der Waals surface area contributed by atoms with Crippen LogP contribution in [0, 0.1) is 5.92 Å². The normalized spacial score (nSPS) is 16.5. The summed E-state index contributed by atoms with van der Waals surface area (Å²) in [7, 11) is 0. The van der Waals surface area contributed by atoms with Gasteiger partial charge in [0.05, 0.1) is 0 Å². The monoisotopic (exact) mass is 352 g/mol. The Balaban J connectivity index is 1.36. The molecule has 1 saturated heterocycles. The van der Waals surface area contributed by atoms with Gasteiger partial charge >= 0.3 is 6.03 Å². The summed E-state index contributed by atoms with van der Waals surface area (Å²) in [5, 5.41) is 5.68. The Labute approximate surface area is 153 Å². The van der Waals surface area contributed by atoms with Crippen molar-refractivity contribution in [1.82, 2.24) is 20.5 Å². The number of likely N-dealkylation sites (tertiary alicyclic amines) is 1. The maximum Gasteiger partial charge on any atom is 0.315 e. The number of urea groups is 1. The molecule has 0 spiro atoms. The van der Waals surface area contributed by atoms with Gasteiger partial charge in [-0.05, 0) is 29.7 Å². The van der Waals surface area contributed by atoms with Gasteiger partial charge < -0.3 is 15.5 Å². The molecule has 3 rings (SSSR count). The molecule has 0 unspecified atom stereocenters. The second-order valence-electron chi connectivity index (χ2n) is 6.56. The molecule has 1 aliphatic rings. The molecule has 1 atom stereocenters. The van der Waals surface area contributed by atoms with Crippen LogP contribution in [0.5, 0.6) is 0 Å². The van der Waals surface area contributed by atoms with E-state index in [2.05, 4.69) is 27.8 Å². The van der Waals surface area contributed by atoms with Crippen LogP contribution < -0.4 is 10.6 Å². The van der Waals surface area contributed by atoms with Crippen LogP contribution in [0.4, 0.5) is 4.79 Å². The van der Waals surface area contributed by atoms with Gasteiger partial charge in [-0.1, -0.05) is 30.3 Å². The molecule has 0 bridgehead atoms. The Morgan fingerprint density at radius 3 is 2.62 bits per heavy atom. The fraction of sp³-hybridized carbons (Fsp3) is 0.350. The third-order valence-corrected chi connectivity index (χ3v) is 4.56. The number of hydrogen-bond acceptors (Lipinski definition) is 3. The van der Waals surface area contributed by atoms with Crippen LogP contribution in [0.1, 0.15) is 17.5 Å². The minimum Gasteiger partial charge on any atom is -0.342 e. The number of carbonyl (C=O) groups is 2. The first-order valence-electron chi connectivity index (χ1n) is 8.93. The van der Waals surface area contributed by atoms with Gasteiger partial charge in [0, 0.05) is 50.9 Å². The van der Waals surface area contributed by atoms with Crippen LogP contribution in [0.15, 0.2) is 54.9 Å². The second kappa shape index (κ2) is 8.99. The van der Waals surface area contributed by atoms with E-state index >= 15 is 0 Å². The lowest BCUT2D eigenvalue weighted by Gasteiger charge is -2.17. The molecular weight excluding hydrogens is 328 g/mol. The fourth-order valence-electron chi connectivity index (χ4n) is 3.10. The molecule has 2 N–H and O–H groups in total. The second-order valence-corrected chi connectivity index (χ2v) is 6.56. The summed E-state index contributed by atoms with van der Waals surface area (Å²) in [5.74, 6) is 0.342. The van der Waals surface area contributed by atoms with Gasteiger partial charge in [0.15, 0.2) is 0 Å². The van der Waals surface area contributed by atoms with Gasteiger partial charge in [-0.15, -0.1) is 0 Å². The molecule has 1 aliphatic heterocycles. The Morgan fingerprint density at radius 2 is 1.85 bits per heavy atom. The fourth-order valence-corrected chi connectivity index (χ4v) is 3.10. The minimum absolute atomic E-state index is 0.171. The zero-order chi connectivity index (χ0) is 18.2. The quantitative estimate of drug-likeness (QED) is 0.800. The number of pyridine rings is 1. The molecule has 0 saturated carbocycles. The Hall–Kier alpha value is -2.89. The number of carbonyl (C=O) groups excluding carboxylic acids is 2. The lowest BCUT2D eigenvalue weighted by molar-refractivity contribution is -0.127. The zero-order valence-corrected chi connectivity index (χ0v) is 14.7. The van der Waals surface area contributed by atoms with Crippen LogP contribution in [0.2, 0.25) is 0 Å². The molecule has 26 heavy (non-hydrogen) atoms. The SMILES string of the molecule is O=C(NCc1ccncc1)NC[C@@H]1CC(=O)N(CCc2ccccc2)C1. The lowest BCUT2D eigenvalue weighted by atomic mass is 10.1. The minimum atomic E-state index is -0.211. The van der Waals surface area contributed by atoms with E-state index in [-0.39, 0.29) is 17.9 Å². The van der Waals surface area contributed by atoms with Crippen LogP contribution in [0.25, 0.3) is 0 Å². The molecule has 136 valence electrons. The van der Waals surface area contributed by atoms with E-state index in [0.29, 0.717) is 26.1 Å². The van der Waals surface area contributed by atoms with E-state index < -0.39 is 0 Å². The first-order chi connectivity index (χ1) is 12.7. The van der Waals surface area contributed by atoms with Crippen LogP contribution >= 0.6 is 0 Å². The molecule has 3 amide bonds. The van der Waals surface area contributed by atoms with Crippen LogP contribution in [0.3, 0.4) is 0 Å². The predicted molar refractivity (Wildman–Crippen MR) is 99.3 cm³/mol. The number of hydrogen-bond donors (Lipinski definition) is 2. The average Bonchev–Trinajstić information content (AvgIpc) is 3.04. The molecule has 1 aromatic heterocycles. The van der Waals surface area contributed by atoms with Crippen molar-refractivity contribution in [2.24, 2.45) is 5.92 Å². The number of nitrogens with one attached hydrogen (secondary N) is 2. The smallest absolute Gasteiger partial charge is 0.315 e. The van der Waals surface area contributed by atoms with Crippen molar-refractivity contribution in [3.8, 4) is 0 Å². The van der Waals surface area contributed by atoms with Gasteiger partial charge in [-0.3, -0.25) is 9.78 Å². The van der Waals surface area contributed by atoms with Gasteiger partial charge in [0.1, 0.15) is 0 Å². The number of benzene rings is 1. The maximum absolute atomic E-state index is 12.2. The van der Waals surface area contributed by atoms with E-state index in [9.17, 15) is 9.59 Å². The van der Waals surface area contributed by atoms with Gasteiger partial charge in [-0.2, -0.15) is 0 Å². The first-order valence-corrected chi connectivity index (χ1v) is 8.93. The summed E-state index contributed by atoms with van der Waals surface area (Å²) >= 11 is 0. The molecule has 1 aromatic carbocycles. The standard InChI is InChI=1S/C20H24N4O2/c25-19-12-18(15-24(19)11-8-16-4-2-1-3-5-16)14-23-20(26)22-13-17-6-9-21-10-7-17/h1-7,9-10,18H,8,11-15H2,(H2,22,23,26)/t18-/m0/s1. The highest BCUT2D eigenvalue weighted by atomic mass is 16.2. The third-order valence-electron chi connectivity index (χ3n) is 4.56. The highest BCUT2D eigenvalue weighted by Crippen LogP contribution is 2.17. The summed E-state index contributed by atoms with van der Waals surface area (Å²) in [4.78, 5) is 29.9. The summed E-state index contributed by atoms with van der Waals surface area (Å²) in [6, 6.07) is 13.7. The van der Waals surface area contributed by atoms with Crippen molar-refractivity contribution in [1.29, 1.82) is 0 Å². The molecule has 2 heterocycles. The molecule has 6 nitrogen and oxygen atoms in total. The summed E-state index contributed by atoms with van der Waals surface area (Å²) in [6.45, 7) is 2.40. The van der Waals surface area contributed by atoms with Gasteiger partial charge in [0.25, 0.3) is 0 Å². The van der Waals surface area contributed by atoms with Crippen molar-refractivity contribution < 1.29 is 9.59 Å². The first kappa shape index (κ1) is 17.9. The largest absolute Gasteiger partial charge is 0.342 e. The predicted octanol–water partition coefficient (Wildman–Crippen LogP) is 1.97. The Bertz CT molecular complexity index is 721. The molecule has 0 radical (unpaired) electrons. The number of nitrogens with zero attached hydrogens (tertiary/aromatic N) is 2. The van der Waals surface area contributed by atoms with Crippen molar-refractivity contribution in [2.75, 3.05) is 19.6 Å². The van der Waals surface area contributed by atoms with Gasteiger partial charge in [0.2, 0.25) is 5.91 Å². The molecule has 6 heteroatoms. The zero-order valence-electron chi connectivity index (χ0n) is 14.7. The average molecular weight is 352 g/mol. The molecule has 1 fully saturated rings. The summed E-state index contributed by atoms with van der Waals surface area (Å²) in [5.41, 5.74) is 2.23. The van der Waals surface area contributed by atoms with Crippen molar-refractivity contribution in [2.45, 2.75) is 19.4 Å². The van der Waals surface area contributed by atoms with E-state index in [1.54, 1.807) is 12.4 Å². The van der Waals surface area contributed by atoms with E-state index in [0.717, 1.165) is 18.5 Å². The van der Waals surface area contributed by atoms with Crippen molar-refractivity contribution >= 4 is 11.9 Å². The summed E-state index contributed by atoms with van der Waals surface area (Å²) < 4.78 is 0. The number of amides is 3. The molecule has 2 aromatic rings. The van der Waals surface area contributed by atoms with E-state index in [1.807, 2.05) is 35.2 Å². The van der Waals surface area contributed by atoms with Crippen LogP contribution in [-0.2, 0) is 17.8 Å². The Kier molecular flexibility index (Phi) is 6.19. The lowest BCUT2D eigenvalue weighted by Crippen LogP contribution is -2.38.